The summed E-state index contributed by atoms with van der Waals surface area (Å²) in [7, 11) is 0. The van der Waals surface area contributed by atoms with Crippen LogP contribution in [-0.2, 0) is 0 Å². The molecule has 2 unspecified atom stereocenters. The lowest BCUT2D eigenvalue weighted by Gasteiger charge is -2.38. The van der Waals surface area contributed by atoms with Gasteiger partial charge in [-0.1, -0.05) is 29.4 Å². The van der Waals surface area contributed by atoms with E-state index in [0.29, 0.717) is 6.04 Å². The molecule has 1 fully saturated rings. The first kappa shape index (κ1) is 13.2. The van der Waals surface area contributed by atoms with Crippen molar-refractivity contribution < 1.29 is 0 Å². The summed E-state index contributed by atoms with van der Waals surface area (Å²) in [5.74, 6) is 0. The van der Waals surface area contributed by atoms with Crippen LogP contribution in [0.5, 0.6) is 0 Å². The summed E-state index contributed by atoms with van der Waals surface area (Å²) in [5.41, 5.74) is 0. The van der Waals surface area contributed by atoms with Gasteiger partial charge >= 0.3 is 0 Å². The van der Waals surface area contributed by atoms with Crippen LogP contribution in [0.15, 0.2) is 11.1 Å². The Bertz CT molecular complexity index is 206. The normalized spacial score (nSPS) is 27.9. The minimum Gasteiger partial charge on any atom is -0.314 e. The summed E-state index contributed by atoms with van der Waals surface area (Å²) in [6, 6.07) is 1.39. The average Bonchev–Trinajstić information content (AvgIpc) is 2.18. The molecule has 3 heteroatoms. The van der Waals surface area contributed by atoms with E-state index in [1.807, 2.05) is 0 Å². The van der Waals surface area contributed by atoms with E-state index < -0.39 is 0 Å². The van der Waals surface area contributed by atoms with Crippen LogP contribution in [0.4, 0.5) is 0 Å². The van der Waals surface area contributed by atoms with Crippen LogP contribution in [0.2, 0.25) is 0 Å². The van der Waals surface area contributed by atoms with Crippen molar-refractivity contribution in [2.75, 3.05) is 19.6 Å². The first-order valence-electron chi connectivity index (χ1n) is 5.94. The Morgan fingerprint density at radius 2 is 2.33 bits per heavy atom. The van der Waals surface area contributed by atoms with Gasteiger partial charge in [0.05, 0.1) is 0 Å². The Balaban J connectivity index is 2.30. The molecule has 0 bridgehead atoms. The van der Waals surface area contributed by atoms with Crippen LogP contribution in [0, 0.1) is 0 Å². The van der Waals surface area contributed by atoms with Crippen molar-refractivity contribution in [1.82, 2.24) is 10.2 Å². The maximum Gasteiger partial charge on any atom is 0.0296 e. The summed E-state index contributed by atoms with van der Waals surface area (Å²) in [5, 5.41) is 3.61. The fourth-order valence-corrected chi connectivity index (χ4v) is 2.53. The molecule has 1 N–H and O–H groups in total. The lowest BCUT2D eigenvalue weighted by Crippen LogP contribution is -2.47. The largest absolute Gasteiger partial charge is 0.314 e. The van der Waals surface area contributed by atoms with Gasteiger partial charge in [-0.3, -0.25) is 4.90 Å². The Hall–Kier alpha value is 0.140. The molecule has 0 aromatic carbocycles. The number of rotatable bonds is 5. The van der Waals surface area contributed by atoms with Crippen molar-refractivity contribution in [1.29, 1.82) is 0 Å². The number of hydrogen-bond acceptors (Lipinski definition) is 2. The molecule has 1 aliphatic heterocycles. The van der Waals surface area contributed by atoms with E-state index in [2.05, 4.69) is 46.6 Å². The lowest BCUT2D eigenvalue weighted by atomic mass is 9.98. The fourth-order valence-electron chi connectivity index (χ4n) is 2.21. The maximum absolute atomic E-state index is 3.91. The van der Waals surface area contributed by atoms with Crippen molar-refractivity contribution in [2.45, 2.75) is 45.2 Å². The minimum atomic E-state index is 0.669. The smallest absolute Gasteiger partial charge is 0.0296 e. The van der Waals surface area contributed by atoms with Gasteiger partial charge in [0.2, 0.25) is 0 Å². The third kappa shape index (κ3) is 4.66. The molecule has 1 saturated heterocycles. The second-order valence-corrected chi connectivity index (χ2v) is 5.63. The Morgan fingerprint density at radius 3 is 2.87 bits per heavy atom. The number of halogens is 1. The molecule has 2 atom stereocenters. The predicted octanol–water partition coefficient (Wildman–Crippen LogP) is 2.75. The summed E-state index contributed by atoms with van der Waals surface area (Å²) < 4.78 is 1.09. The molecule has 1 rings (SSSR count). The molecule has 0 aromatic rings. The molecule has 0 aromatic heterocycles. The highest BCUT2D eigenvalue weighted by atomic mass is 79.9. The predicted molar refractivity (Wildman–Crippen MR) is 70.4 cm³/mol. The third-order valence-electron chi connectivity index (χ3n) is 3.07. The quantitative estimate of drug-likeness (QED) is 0.830. The Morgan fingerprint density at radius 1 is 1.60 bits per heavy atom. The molecule has 88 valence electrons. The van der Waals surface area contributed by atoms with E-state index in [-0.39, 0.29) is 0 Å². The molecule has 2 nitrogen and oxygen atoms in total. The number of nitrogens with zero attached hydrogens (tertiary/aromatic N) is 1. The highest BCUT2D eigenvalue weighted by molar-refractivity contribution is 9.11. The van der Waals surface area contributed by atoms with E-state index in [4.69, 9.17) is 0 Å². The van der Waals surface area contributed by atoms with Crippen molar-refractivity contribution in [2.24, 2.45) is 0 Å². The number of piperidine rings is 1. The average molecular weight is 275 g/mol. The standard InChI is InChI=1S/C12H23BrN2/c1-4-6-14-12-5-7-15(9-10(2)13)11(3)8-12/h11-12,14H,2,4-9H2,1,3H3. The maximum atomic E-state index is 3.91. The zero-order valence-corrected chi connectivity index (χ0v) is 11.5. The number of nitrogens with one attached hydrogen (secondary N) is 1. The summed E-state index contributed by atoms with van der Waals surface area (Å²) in [4.78, 5) is 2.50. The molecule has 0 saturated carbocycles. The molecular weight excluding hydrogens is 252 g/mol. The van der Waals surface area contributed by atoms with Crippen LogP contribution in [-0.4, -0.2) is 36.6 Å². The van der Waals surface area contributed by atoms with Crippen LogP contribution in [0.1, 0.15) is 33.1 Å². The molecule has 0 radical (unpaired) electrons. The second-order valence-electron chi connectivity index (χ2n) is 4.51. The van der Waals surface area contributed by atoms with Crippen molar-refractivity contribution in [3.8, 4) is 0 Å². The van der Waals surface area contributed by atoms with Gasteiger partial charge in [-0.15, -0.1) is 0 Å². The minimum absolute atomic E-state index is 0.669. The Labute approximate surface area is 102 Å². The van der Waals surface area contributed by atoms with Crippen LogP contribution in [0.3, 0.4) is 0 Å². The van der Waals surface area contributed by atoms with E-state index in [1.165, 1.54) is 25.8 Å². The topological polar surface area (TPSA) is 15.3 Å². The first-order chi connectivity index (χ1) is 7.13. The SMILES string of the molecule is C=C(Br)CN1CCC(NCCC)CC1C. The molecular formula is C12H23BrN2. The van der Waals surface area contributed by atoms with Gasteiger partial charge in [0.25, 0.3) is 0 Å². The van der Waals surface area contributed by atoms with Crippen LogP contribution >= 0.6 is 15.9 Å². The van der Waals surface area contributed by atoms with Crippen LogP contribution < -0.4 is 5.32 Å². The van der Waals surface area contributed by atoms with Crippen LogP contribution in [0.25, 0.3) is 0 Å². The van der Waals surface area contributed by atoms with E-state index in [1.54, 1.807) is 0 Å². The number of likely N-dealkylation sites (tertiary alicyclic amines) is 1. The van der Waals surface area contributed by atoms with Gasteiger partial charge in [0.15, 0.2) is 0 Å². The highest BCUT2D eigenvalue weighted by Gasteiger charge is 2.24. The van der Waals surface area contributed by atoms with Crippen molar-refractivity contribution in [3.63, 3.8) is 0 Å². The third-order valence-corrected chi connectivity index (χ3v) is 3.32. The molecule has 1 heterocycles. The fraction of sp³-hybridized carbons (Fsp3) is 0.833. The molecule has 0 aliphatic carbocycles. The van der Waals surface area contributed by atoms with E-state index in [9.17, 15) is 0 Å². The van der Waals surface area contributed by atoms with Gasteiger partial charge in [-0.2, -0.15) is 0 Å². The summed E-state index contributed by atoms with van der Waals surface area (Å²) in [6.45, 7) is 11.8. The van der Waals surface area contributed by atoms with Gasteiger partial charge < -0.3 is 5.32 Å². The van der Waals surface area contributed by atoms with E-state index >= 15 is 0 Å². The van der Waals surface area contributed by atoms with Gasteiger partial charge in [0, 0.05) is 29.7 Å². The van der Waals surface area contributed by atoms with Crippen molar-refractivity contribution >= 4 is 15.9 Å². The molecule has 15 heavy (non-hydrogen) atoms. The molecule has 0 amide bonds. The van der Waals surface area contributed by atoms with Gasteiger partial charge in [-0.25, -0.2) is 0 Å². The summed E-state index contributed by atoms with van der Waals surface area (Å²) in [6.07, 6.45) is 3.76. The second kappa shape index (κ2) is 6.66. The van der Waals surface area contributed by atoms with E-state index in [0.717, 1.165) is 23.6 Å². The van der Waals surface area contributed by atoms with Gasteiger partial charge in [0.1, 0.15) is 0 Å². The monoisotopic (exact) mass is 274 g/mol. The zero-order chi connectivity index (χ0) is 11.3. The highest BCUT2D eigenvalue weighted by Crippen LogP contribution is 2.19. The number of hydrogen-bond donors (Lipinski definition) is 1. The zero-order valence-electron chi connectivity index (χ0n) is 9.93. The first-order valence-corrected chi connectivity index (χ1v) is 6.73. The van der Waals surface area contributed by atoms with Crippen molar-refractivity contribution in [3.05, 3.63) is 11.1 Å². The molecule has 1 aliphatic rings. The lowest BCUT2D eigenvalue weighted by molar-refractivity contribution is 0.150. The van der Waals surface area contributed by atoms with Gasteiger partial charge in [-0.05, 0) is 32.7 Å². The molecule has 0 spiro atoms. The summed E-state index contributed by atoms with van der Waals surface area (Å²) >= 11 is 3.44. The Kier molecular flexibility index (Phi) is 5.87.